The highest BCUT2D eigenvalue weighted by Crippen LogP contribution is 2.32. The first-order valence-corrected chi connectivity index (χ1v) is 13.1. The van der Waals surface area contributed by atoms with Gasteiger partial charge >= 0.3 is 6.18 Å². The van der Waals surface area contributed by atoms with E-state index in [1.54, 1.807) is 30.3 Å². The number of alkyl halides is 3. The summed E-state index contributed by atoms with van der Waals surface area (Å²) in [5.74, 6) is -2.35. The number of carbonyl (C=O) groups is 3. The van der Waals surface area contributed by atoms with Crippen LogP contribution in [0.2, 0.25) is 0 Å². The van der Waals surface area contributed by atoms with E-state index in [1.165, 1.54) is 18.0 Å². The van der Waals surface area contributed by atoms with Crippen molar-refractivity contribution in [2.75, 3.05) is 31.5 Å². The van der Waals surface area contributed by atoms with E-state index in [-0.39, 0.29) is 37.4 Å². The smallest absolute Gasteiger partial charge is 0.383 e. The van der Waals surface area contributed by atoms with Crippen LogP contribution < -0.4 is 27.8 Å². The van der Waals surface area contributed by atoms with Crippen LogP contribution in [0.4, 0.5) is 18.9 Å². The topological polar surface area (TPSA) is 190 Å². The van der Waals surface area contributed by atoms with Crippen molar-refractivity contribution in [1.29, 1.82) is 0 Å². The molecule has 3 atom stereocenters. The quantitative estimate of drug-likeness (QED) is 0.181. The number of amides is 3. The fourth-order valence-corrected chi connectivity index (χ4v) is 4.31. The third-order valence-electron chi connectivity index (χ3n) is 6.65. The van der Waals surface area contributed by atoms with Crippen LogP contribution in [0.1, 0.15) is 24.5 Å². The van der Waals surface area contributed by atoms with Gasteiger partial charge in [0.1, 0.15) is 11.6 Å². The maximum atomic E-state index is 13.5. The van der Waals surface area contributed by atoms with Crippen molar-refractivity contribution in [3.63, 3.8) is 0 Å². The second-order valence-electron chi connectivity index (χ2n) is 9.84. The molecule has 0 fully saturated rings. The van der Waals surface area contributed by atoms with E-state index in [2.05, 4.69) is 15.6 Å². The van der Waals surface area contributed by atoms with Gasteiger partial charge in [0.25, 0.3) is 0 Å². The molecule has 3 aromatic rings. The lowest BCUT2D eigenvalue weighted by Gasteiger charge is -2.34. The van der Waals surface area contributed by atoms with Gasteiger partial charge in [-0.25, -0.2) is 0 Å². The summed E-state index contributed by atoms with van der Waals surface area (Å²) in [5.41, 5.74) is 14.7. The number of para-hydroxylation sites is 1. The predicted octanol–water partition coefficient (Wildman–Crippen LogP) is 1.05. The second kappa shape index (κ2) is 13.7. The molecule has 0 saturated heterocycles. The zero-order valence-corrected chi connectivity index (χ0v) is 22.9. The number of fused-ring (bicyclic) bond motifs is 1. The minimum atomic E-state index is -4.63. The van der Waals surface area contributed by atoms with Crippen molar-refractivity contribution in [1.82, 2.24) is 15.2 Å². The molecule has 3 rings (SSSR count). The lowest BCUT2D eigenvalue weighted by molar-refractivity contribution is -0.138. The van der Waals surface area contributed by atoms with Gasteiger partial charge < -0.3 is 37.8 Å². The van der Waals surface area contributed by atoms with Gasteiger partial charge in [-0.2, -0.15) is 13.2 Å². The van der Waals surface area contributed by atoms with Crippen LogP contribution in [0.15, 0.2) is 60.8 Å². The molecule has 0 radical (unpaired) electrons. The monoisotopic (exact) mass is 589 g/mol. The van der Waals surface area contributed by atoms with Crippen molar-refractivity contribution in [3.8, 4) is 0 Å². The van der Waals surface area contributed by atoms with E-state index >= 15 is 0 Å². The number of hydrogen-bond acceptors (Lipinski definition) is 8. The number of halogens is 3. The fraction of sp³-hybridized carbons (Fsp3) is 0.357. The van der Waals surface area contributed by atoms with Gasteiger partial charge in [-0.05, 0) is 36.8 Å². The summed E-state index contributed by atoms with van der Waals surface area (Å²) < 4.78 is 39.4. The summed E-state index contributed by atoms with van der Waals surface area (Å²) in [6, 6.07) is 9.06. The first-order valence-electron chi connectivity index (χ1n) is 13.1. The summed E-state index contributed by atoms with van der Waals surface area (Å²) in [7, 11) is 0. The Hall–Kier alpha value is -4.11. The Balaban J connectivity index is 1.89. The molecule has 14 heteroatoms. The molecule has 2 aromatic carbocycles. The summed E-state index contributed by atoms with van der Waals surface area (Å²) >= 11 is 0. The average Bonchev–Trinajstić information content (AvgIpc) is 2.94. The number of hydrogen-bond donors (Lipinski definition) is 6. The van der Waals surface area contributed by atoms with Crippen LogP contribution >= 0.6 is 0 Å². The van der Waals surface area contributed by atoms with E-state index < -0.39 is 53.6 Å². The number of benzene rings is 2. The predicted molar refractivity (Wildman–Crippen MR) is 151 cm³/mol. The van der Waals surface area contributed by atoms with Crippen molar-refractivity contribution >= 4 is 34.3 Å². The third-order valence-corrected chi connectivity index (χ3v) is 6.65. The molecule has 42 heavy (non-hydrogen) atoms. The molecule has 0 bridgehead atoms. The number of rotatable bonds is 12. The first kappa shape index (κ1) is 32.4. The molecule has 0 spiro atoms. The molecular weight excluding hydrogens is 555 g/mol. The van der Waals surface area contributed by atoms with Crippen LogP contribution in [-0.2, 0) is 26.2 Å². The number of nitrogens with one attached hydrogen (secondary N) is 2. The molecule has 3 amide bonds. The number of aromatic nitrogens is 1. The van der Waals surface area contributed by atoms with Crippen molar-refractivity contribution in [2.24, 2.45) is 17.2 Å². The van der Waals surface area contributed by atoms with Gasteiger partial charge in [0.05, 0.1) is 35.4 Å². The van der Waals surface area contributed by atoms with Crippen molar-refractivity contribution < 1.29 is 32.7 Å². The van der Waals surface area contributed by atoms with E-state index in [9.17, 15) is 32.7 Å². The molecule has 0 saturated carbocycles. The van der Waals surface area contributed by atoms with Crippen LogP contribution in [0.5, 0.6) is 0 Å². The molecule has 9 N–H and O–H groups in total. The second-order valence-corrected chi connectivity index (χ2v) is 9.84. The first-order chi connectivity index (χ1) is 19.8. The zero-order chi connectivity index (χ0) is 31.1. The maximum absolute atomic E-state index is 13.5. The number of nitrogens with zero attached hydrogens (tertiary/aromatic N) is 2. The molecule has 11 nitrogen and oxygen atoms in total. The summed E-state index contributed by atoms with van der Waals surface area (Å²) in [4.78, 5) is 44.9. The number of aliphatic hydroxyl groups is 1. The Morgan fingerprint density at radius 1 is 0.976 bits per heavy atom. The molecule has 1 unspecified atom stereocenters. The highest BCUT2D eigenvalue weighted by atomic mass is 19.4. The molecule has 1 heterocycles. The lowest BCUT2D eigenvalue weighted by Crippen LogP contribution is -2.59. The van der Waals surface area contributed by atoms with Gasteiger partial charge in [-0.1, -0.05) is 30.3 Å². The minimum absolute atomic E-state index is 0.0886. The Labute approximate surface area is 240 Å². The SMILES string of the molecule is CC(O)(c1ccc(C(F)(F)F)cc1)[C@H](NC(=O)[C@@H](N)CC(=O)N(CCN)CCN)C(=O)Nc1cnc2ccccc2c1. The number of anilines is 1. The molecule has 226 valence electrons. The van der Waals surface area contributed by atoms with E-state index in [0.717, 1.165) is 24.3 Å². The molecular formula is C28H34F3N7O4. The summed E-state index contributed by atoms with van der Waals surface area (Å²) in [6.07, 6.45) is -3.70. The van der Waals surface area contributed by atoms with Gasteiger partial charge in [0, 0.05) is 31.6 Å². The van der Waals surface area contributed by atoms with Crippen LogP contribution in [0.25, 0.3) is 10.9 Å². The maximum Gasteiger partial charge on any atom is 0.416 e. The number of carbonyl (C=O) groups excluding carboxylic acids is 3. The van der Waals surface area contributed by atoms with Crippen molar-refractivity contribution in [3.05, 3.63) is 71.9 Å². The Morgan fingerprint density at radius 2 is 1.57 bits per heavy atom. The normalized spacial score (nSPS) is 14.5. The number of pyridine rings is 1. The third kappa shape index (κ3) is 8.00. The van der Waals surface area contributed by atoms with Crippen LogP contribution in [0, 0.1) is 0 Å². The van der Waals surface area contributed by atoms with Gasteiger partial charge in [0.15, 0.2) is 0 Å². The molecule has 0 aliphatic carbocycles. The highest BCUT2D eigenvalue weighted by Gasteiger charge is 2.42. The van der Waals surface area contributed by atoms with Crippen LogP contribution in [0.3, 0.4) is 0 Å². The Kier molecular flexibility index (Phi) is 10.6. The summed E-state index contributed by atoms with van der Waals surface area (Å²) in [5, 5.41) is 17.1. The molecule has 0 aliphatic rings. The Morgan fingerprint density at radius 3 is 2.17 bits per heavy atom. The largest absolute Gasteiger partial charge is 0.416 e. The van der Waals surface area contributed by atoms with Gasteiger partial charge in [0.2, 0.25) is 17.7 Å². The van der Waals surface area contributed by atoms with Crippen molar-refractivity contribution in [2.45, 2.75) is 37.2 Å². The summed E-state index contributed by atoms with van der Waals surface area (Å²) in [6.45, 7) is 1.87. The molecule has 1 aromatic heterocycles. The zero-order valence-electron chi connectivity index (χ0n) is 22.9. The van der Waals surface area contributed by atoms with Gasteiger partial charge in [-0.3, -0.25) is 19.4 Å². The van der Waals surface area contributed by atoms with E-state index in [4.69, 9.17) is 17.2 Å². The van der Waals surface area contributed by atoms with Crippen LogP contribution in [-0.4, -0.2) is 71.0 Å². The van der Waals surface area contributed by atoms with E-state index in [1.807, 2.05) is 0 Å². The average molecular weight is 590 g/mol. The number of nitrogens with two attached hydrogens (primary N) is 3. The fourth-order valence-electron chi connectivity index (χ4n) is 4.31. The Bertz CT molecular complexity index is 1390. The lowest BCUT2D eigenvalue weighted by atomic mass is 9.86. The molecule has 0 aliphatic heterocycles. The van der Waals surface area contributed by atoms with E-state index in [0.29, 0.717) is 10.9 Å². The standard InChI is InChI=1S/C28H34F3N7O4/c1-27(42,18-6-8-19(9-7-18)28(29,30)31)24(26(41)36-20-14-17-4-2-3-5-22(17)35-16-20)37-25(40)21(34)15-23(39)38(12-10-32)13-11-33/h2-9,14,16,21,24,42H,10-13,15,32-34H2,1H3,(H,36,41)(H,37,40)/t21-,24+,27?/m0/s1. The van der Waals surface area contributed by atoms with Gasteiger partial charge in [-0.15, -0.1) is 0 Å². The highest BCUT2D eigenvalue weighted by molar-refractivity contribution is 6.00. The minimum Gasteiger partial charge on any atom is -0.383 e.